The van der Waals surface area contributed by atoms with E-state index in [4.69, 9.17) is 0 Å². The normalized spacial score (nSPS) is 13.2. The maximum atomic E-state index is 2.41. The lowest BCUT2D eigenvalue weighted by atomic mass is 9.86. The minimum Gasteiger partial charge on any atom is -0.0654 e. The lowest BCUT2D eigenvalue weighted by Crippen LogP contribution is -2.08. The van der Waals surface area contributed by atoms with Crippen molar-refractivity contribution in [1.82, 2.24) is 0 Å². The van der Waals surface area contributed by atoms with Crippen molar-refractivity contribution in [2.24, 2.45) is 11.8 Å². The zero-order chi connectivity index (χ0) is 13.6. The van der Waals surface area contributed by atoms with Gasteiger partial charge >= 0.3 is 0 Å². The minimum atomic E-state index is 0.891. The Morgan fingerprint density at radius 2 is 0.944 bits per heavy atom. The molecule has 0 aliphatic rings. The Bertz CT molecular complexity index is 148. The molecule has 0 nitrogen and oxygen atoms in total. The highest BCUT2D eigenvalue weighted by molar-refractivity contribution is 4.64. The van der Waals surface area contributed by atoms with E-state index in [1.807, 2.05) is 0 Å². The second-order valence-electron chi connectivity index (χ2n) is 6.41. The third kappa shape index (κ3) is 11.1. The predicted octanol–water partition coefficient (Wildman–Crippen LogP) is 6.98. The van der Waals surface area contributed by atoms with Gasteiger partial charge in [0.2, 0.25) is 0 Å². The Morgan fingerprint density at radius 1 is 0.556 bits per heavy atom. The molecular weight excluding hydrogens is 216 g/mol. The molecule has 0 amide bonds. The van der Waals surface area contributed by atoms with Crippen LogP contribution in [-0.4, -0.2) is 0 Å². The minimum absolute atomic E-state index is 0.891. The molecule has 0 heteroatoms. The Hall–Kier alpha value is 0. The molecule has 0 aliphatic heterocycles. The molecule has 0 spiro atoms. The standard InChI is InChI=1S/C18H38/c1-5-7-9-10-11-12-14-16-18(17(3)4)15-13-8-6-2/h17-18H,5-16H2,1-4H3. The van der Waals surface area contributed by atoms with Crippen LogP contribution >= 0.6 is 0 Å². The first-order valence-corrected chi connectivity index (χ1v) is 8.72. The molecule has 0 saturated carbocycles. The lowest BCUT2D eigenvalue weighted by molar-refractivity contribution is 0.314. The van der Waals surface area contributed by atoms with Gasteiger partial charge < -0.3 is 0 Å². The van der Waals surface area contributed by atoms with Crippen LogP contribution in [0.4, 0.5) is 0 Å². The van der Waals surface area contributed by atoms with Crippen molar-refractivity contribution >= 4 is 0 Å². The van der Waals surface area contributed by atoms with Crippen LogP contribution < -0.4 is 0 Å². The molecule has 18 heavy (non-hydrogen) atoms. The van der Waals surface area contributed by atoms with E-state index in [1.54, 1.807) is 0 Å². The zero-order valence-electron chi connectivity index (χ0n) is 13.6. The average Bonchev–Trinajstić information content (AvgIpc) is 2.35. The van der Waals surface area contributed by atoms with Crippen molar-refractivity contribution in [3.63, 3.8) is 0 Å². The largest absolute Gasteiger partial charge is 0.0654 e. The molecule has 0 bridgehead atoms. The summed E-state index contributed by atoms with van der Waals surface area (Å²) in [6.45, 7) is 9.43. The molecule has 0 radical (unpaired) electrons. The quantitative estimate of drug-likeness (QED) is 0.311. The van der Waals surface area contributed by atoms with Crippen LogP contribution in [0, 0.1) is 11.8 Å². The molecule has 1 atom stereocenters. The highest BCUT2D eigenvalue weighted by atomic mass is 14.2. The third-order valence-electron chi connectivity index (χ3n) is 4.30. The molecule has 0 rings (SSSR count). The summed E-state index contributed by atoms with van der Waals surface area (Å²) in [5, 5.41) is 0. The average molecular weight is 255 g/mol. The summed E-state index contributed by atoms with van der Waals surface area (Å²) >= 11 is 0. The van der Waals surface area contributed by atoms with Gasteiger partial charge in [-0.15, -0.1) is 0 Å². The number of hydrogen-bond donors (Lipinski definition) is 0. The summed E-state index contributed by atoms with van der Waals surface area (Å²) in [5.41, 5.74) is 0. The van der Waals surface area contributed by atoms with E-state index < -0.39 is 0 Å². The molecule has 0 aromatic heterocycles. The fourth-order valence-corrected chi connectivity index (χ4v) is 2.83. The maximum Gasteiger partial charge on any atom is -0.0391 e. The van der Waals surface area contributed by atoms with E-state index in [0.717, 1.165) is 11.8 Å². The van der Waals surface area contributed by atoms with E-state index in [-0.39, 0.29) is 0 Å². The first kappa shape index (κ1) is 18.0. The highest BCUT2D eigenvalue weighted by Crippen LogP contribution is 2.25. The molecule has 0 aromatic carbocycles. The smallest absolute Gasteiger partial charge is 0.0391 e. The zero-order valence-corrected chi connectivity index (χ0v) is 13.6. The van der Waals surface area contributed by atoms with Crippen LogP contribution in [0.1, 0.15) is 105 Å². The van der Waals surface area contributed by atoms with Crippen LogP contribution in [0.2, 0.25) is 0 Å². The van der Waals surface area contributed by atoms with Crippen LogP contribution in [-0.2, 0) is 0 Å². The van der Waals surface area contributed by atoms with Gasteiger partial charge in [-0.2, -0.15) is 0 Å². The van der Waals surface area contributed by atoms with Crippen molar-refractivity contribution in [3.05, 3.63) is 0 Å². The van der Waals surface area contributed by atoms with Crippen molar-refractivity contribution < 1.29 is 0 Å². The van der Waals surface area contributed by atoms with Gasteiger partial charge in [-0.25, -0.2) is 0 Å². The van der Waals surface area contributed by atoms with Gasteiger partial charge in [0, 0.05) is 0 Å². The molecule has 0 saturated heterocycles. The monoisotopic (exact) mass is 254 g/mol. The first-order valence-electron chi connectivity index (χ1n) is 8.72. The van der Waals surface area contributed by atoms with Crippen LogP contribution in [0.15, 0.2) is 0 Å². The van der Waals surface area contributed by atoms with Crippen LogP contribution in [0.3, 0.4) is 0 Å². The van der Waals surface area contributed by atoms with Crippen molar-refractivity contribution in [2.45, 2.75) is 105 Å². The third-order valence-corrected chi connectivity index (χ3v) is 4.30. The molecule has 0 heterocycles. The molecule has 0 aliphatic carbocycles. The van der Waals surface area contributed by atoms with Gasteiger partial charge in [0.1, 0.15) is 0 Å². The Kier molecular flexibility index (Phi) is 13.4. The predicted molar refractivity (Wildman–Crippen MR) is 85.1 cm³/mol. The van der Waals surface area contributed by atoms with Crippen molar-refractivity contribution in [2.75, 3.05) is 0 Å². The number of hydrogen-bond acceptors (Lipinski definition) is 0. The van der Waals surface area contributed by atoms with Crippen molar-refractivity contribution in [3.8, 4) is 0 Å². The lowest BCUT2D eigenvalue weighted by Gasteiger charge is -2.20. The van der Waals surface area contributed by atoms with Crippen LogP contribution in [0.25, 0.3) is 0 Å². The summed E-state index contributed by atoms with van der Waals surface area (Å²) in [5.74, 6) is 1.88. The van der Waals surface area contributed by atoms with E-state index in [0.29, 0.717) is 0 Å². The SMILES string of the molecule is CCCCCCCCCC(CCCCC)C(C)C. The van der Waals surface area contributed by atoms with E-state index in [2.05, 4.69) is 27.7 Å². The summed E-state index contributed by atoms with van der Waals surface area (Å²) in [4.78, 5) is 0. The van der Waals surface area contributed by atoms with Crippen LogP contribution in [0.5, 0.6) is 0 Å². The summed E-state index contributed by atoms with van der Waals surface area (Å²) in [6, 6.07) is 0. The Balaban J connectivity index is 3.46. The molecule has 110 valence electrons. The number of rotatable bonds is 13. The molecular formula is C18H38. The molecule has 0 N–H and O–H groups in total. The molecule has 1 unspecified atom stereocenters. The summed E-state index contributed by atoms with van der Waals surface area (Å²) in [7, 11) is 0. The highest BCUT2D eigenvalue weighted by Gasteiger charge is 2.12. The summed E-state index contributed by atoms with van der Waals surface area (Å²) < 4.78 is 0. The van der Waals surface area contributed by atoms with Gasteiger partial charge in [-0.05, 0) is 11.8 Å². The molecule has 0 fully saturated rings. The van der Waals surface area contributed by atoms with Crippen molar-refractivity contribution in [1.29, 1.82) is 0 Å². The second-order valence-corrected chi connectivity index (χ2v) is 6.41. The Labute approximate surface area is 117 Å². The maximum absolute atomic E-state index is 2.41. The van der Waals surface area contributed by atoms with Gasteiger partial charge in [0.25, 0.3) is 0 Å². The molecule has 0 aromatic rings. The van der Waals surface area contributed by atoms with Gasteiger partial charge in [0.15, 0.2) is 0 Å². The topological polar surface area (TPSA) is 0 Å². The summed E-state index contributed by atoms with van der Waals surface area (Å²) in [6.07, 6.45) is 17.4. The fraction of sp³-hybridized carbons (Fsp3) is 1.00. The van der Waals surface area contributed by atoms with E-state index >= 15 is 0 Å². The van der Waals surface area contributed by atoms with Gasteiger partial charge in [-0.1, -0.05) is 105 Å². The van der Waals surface area contributed by atoms with Gasteiger partial charge in [0.05, 0.1) is 0 Å². The number of unbranched alkanes of at least 4 members (excludes halogenated alkanes) is 8. The van der Waals surface area contributed by atoms with E-state index in [1.165, 1.54) is 77.0 Å². The van der Waals surface area contributed by atoms with E-state index in [9.17, 15) is 0 Å². The second kappa shape index (κ2) is 13.4. The fourth-order valence-electron chi connectivity index (χ4n) is 2.83. The van der Waals surface area contributed by atoms with Gasteiger partial charge in [-0.3, -0.25) is 0 Å². The first-order chi connectivity index (χ1) is 8.72. The Morgan fingerprint density at radius 3 is 1.44 bits per heavy atom.